The predicted octanol–water partition coefficient (Wildman–Crippen LogP) is 3.59. The Bertz CT molecular complexity index is 1160. The van der Waals surface area contributed by atoms with Crippen LogP contribution in [0.4, 0.5) is 4.39 Å². The zero-order valence-corrected chi connectivity index (χ0v) is 22.2. The van der Waals surface area contributed by atoms with E-state index in [0.29, 0.717) is 25.4 Å². The van der Waals surface area contributed by atoms with Crippen LogP contribution in [0.3, 0.4) is 0 Å². The van der Waals surface area contributed by atoms with Gasteiger partial charge in [0.25, 0.3) is 5.91 Å². The average Bonchev–Trinajstić information content (AvgIpc) is 3.60. The molecule has 0 radical (unpaired) electrons. The van der Waals surface area contributed by atoms with E-state index < -0.39 is 24.4 Å². The molecule has 6 atom stereocenters. The van der Waals surface area contributed by atoms with E-state index in [1.807, 2.05) is 42.5 Å². The molecule has 6 unspecified atom stereocenters. The van der Waals surface area contributed by atoms with Crippen LogP contribution in [0.5, 0.6) is 0 Å². The number of hydrogen-bond donors (Lipinski definition) is 1. The molecule has 3 saturated heterocycles. The Morgan fingerprint density at radius 2 is 1.58 bits per heavy atom. The molecule has 7 nitrogen and oxygen atoms in total. The number of ether oxygens (including phenoxy) is 1. The lowest BCUT2D eigenvalue weighted by Gasteiger charge is -2.29. The number of carbonyl (C=O) groups is 3. The fourth-order valence-electron chi connectivity index (χ4n) is 5.96. The van der Waals surface area contributed by atoms with Crippen molar-refractivity contribution < 1.29 is 23.5 Å². The van der Waals surface area contributed by atoms with Crippen molar-refractivity contribution in [3.63, 3.8) is 0 Å². The van der Waals surface area contributed by atoms with Gasteiger partial charge in [0.1, 0.15) is 18.3 Å². The SMILES string of the molecule is CC(=O)N1CC2CC(C(=O)N3CC(F)CC3C(=O)NC(c3ccccc3)c3ccc(C(C)C)cc3)OC2C1. The molecule has 0 spiro atoms. The maximum Gasteiger partial charge on any atom is 0.252 e. The van der Waals surface area contributed by atoms with Crippen molar-refractivity contribution >= 4 is 17.7 Å². The maximum atomic E-state index is 14.6. The molecule has 2 aromatic carbocycles. The van der Waals surface area contributed by atoms with Crippen molar-refractivity contribution in [2.45, 2.75) is 70.0 Å². The lowest BCUT2D eigenvalue weighted by Crippen LogP contribution is -2.50. The number of benzene rings is 2. The molecule has 202 valence electrons. The van der Waals surface area contributed by atoms with Crippen LogP contribution >= 0.6 is 0 Å². The summed E-state index contributed by atoms with van der Waals surface area (Å²) >= 11 is 0. The smallest absolute Gasteiger partial charge is 0.252 e. The second-order valence-electron chi connectivity index (χ2n) is 11.1. The number of nitrogens with zero attached hydrogens (tertiary/aromatic N) is 2. The van der Waals surface area contributed by atoms with Crippen molar-refractivity contribution in [2.24, 2.45) is 5.92 Å². The molecule has 3 aliphatic heterocycles. The number of alkyl halides is 1. The molecular formula is C30H36FN3O4. The lowest BCUT2D eigenvalue weighted by molar-refractivity contribution is -0.148. The number of nitrogens with one attached hydrogen (secondary N) is 1. The number of fused-ring (bicyclic) bond motifs is 1. The van der Waals surface area contributed by atoms with E-state index in [2.05, 4.69) is 31.3 Å². The molecule has 3 amide bonds. The first kappa shape index (κ1) is 26.4. The molecule has 1 N–H and O–H groups in total. The van der Waals surface area contributed by atoms with Gasteiger partial charge in [-0.3, -0.25) is 14.4 Å². The largest absolute Gasteiger partial charge is 0.363 e. The number of hydrogen-bond acceptors (Lipinski definition) is 4. The van der Waals surface area contributed by atoms with E-state index in [1.54, 1.807) is 4.90 Å². The zero-order chi connectivity index (χ0) is 27.0. The number of likely N-dealkylation sites (tertiary alicyclic amines) is 2. The summed E-state index contributed by atoms with van der Waals surface area (Å²) in [7, 11) is 0. The van der Waals surface area contributed by atoms with Crippen molar-refractivity contribution in [3.8, 4) is 0 Å². The normalized spacial score (nSPS) is 27.4. The van der Waals surface area contributed by atoms with Crippen molar-refractivity contribution in [1.82, 2.24) is 15.1 Å². The van der Waals surface area contributed by atoms with Gasteiger partial charge < -0.3 is 19.9 Å². The zero-order valence-electron chi connectivity index (χ0n) is 22.2. The number of halogens is 1. The summed E-state index contributed by atoms with van der Waals surface area (Å²) in [6.45, 7) is 6.70. The molecule has 3 fully saturated rings. The molecule has 38 heavy (non-hydrogen) atoms. The first-order chi connectivity index (χ1) is 18.2. The minimum absolute atomic E-state index is 0.00533. The van der Waals surface area contributed by atoms with Crippen LogP contribution in [0.1, 0.15) is 62.3 Å². The highest BCUT2D eigenvalue weighted by molar-refractivity contribution is 5.90. The quantitative estimate of drug-likeness (QED) is 0.630. The number of amides is 3. The summed E-state index contributed by atoms with van der Waals surface area (Å²) in [4.78, 5) is 41.9. The van der Waals surface area contributed by atoms with Crippen LogP contribution < -0.4 is 5.32 Å². The van der Waals surface area contributed by atoms with Crippen LogP contribution in [-0.2, 0) is 19.1 Å². The van der Waals surface area contributed by atoms with E-state index in [9.17, 15) is 18.8 Å². The van der Waals surface area contributed by atoms with Crippen LogP contribution in [0.25, 0.3) is 0 Å². The van der Waals surface area contributed by atoms with E-state index in [4.69, 9.17) is 4.74 Å². The second-order valence-corrected chi connectivity index (χ2v) is 11.1. The van der Waals surface area contributed by atoms with Crippen LogP contribution in [-0.4, -0.2) is 71.6 Å². The molecule has 0 aliphatic carbocycles. The van der Waals surface area contributed by atoms with Gasteiger partial charge in [0.2, 0.25) is 11.8 Å². The highest BCUT2D eigenvalue weighted by Crippen LogP contribution is 2.35. The van der Waals surface area contributed by atoms with Gasteiger partial charge >= 0.3 is 0 Å². The van der Waals surface area contributed by atoms with Gasteiger partial charge in [-0.05, 0) is 29.0 Å². The second kappa shape index (κ2) is 10.8. The molecule has 0 bridgehead atoms. The van der Waals surface area contributed by atoms with Crippen LogP contribution in [0.15, 0.2) is 54.6 Å². The molecule has 5 rings (SSSR count). The summed E-state index contributed by atoms with van der Waals surface area (Å²) in [6.07, 6.45) is -1.75. The Kier molecular flexibility index (Phi) is 7.52. The Morgan fingerprint density at radius 1 is 0.921 bits per heavy atom. The predicted molar refractivity (Wildman–Crippen MR) is 141 cm³/mol. The van der Waals surface area contributed by atoms with Crippen LogP contribution in [0, 0.1) is 5.92 Å². The lowest BCUT2D eigenvalue weighted by atomic mass is 9.95. The molecular weight excluding hydrogens is 485 g/mol. The third kappa shape index (κ3) is 5.32. The maximum absolute atomic E-state index is 14.6. The summed E-state index contributed by atoms with van der Waals surface area (Å²) in [6, 6.07) is 16.5. The topological polar surface area (TPSA) is 79.0 Å². The minimum Gasteiger partial charge on any atom is -0.363 e. The first-order valence-electron chi connectivity index (χ1n) is 13.5. The average molecular weight is 522 g/mol. The summed E-state index contributed by atoms with van der Waals surface area (Å²) in [5, 5.41) is 3.11. The van der Waals surface area contributed by atoms with Crippen molar-refractivity contribution in [1.29, 1.82) is 0 Å². The standard InChI is InChI=1S/C30H36FN3O4/c1-18(2)20-9-11-22(12-10-20)28(21-7-5-4-6-8-21)32-29(36)25-14-24(31)16-34(25)30(37)26-13-23-15-33(19(3)35)17-27(23)38-26/h4-12,18,23-28H,13-17H2,1-3H3,(H,32,36). The monoisotopic (exact) mass is 521 g/mol. The number of rotatable bonds is 6. The van der Waals surface area contributed by atoms with E-state index in [-0.39, 0.29) is 42.7 Å². The van der Waals surface area contributed by atoms with E-state index in [1.165, 1.54) is 17.4 Å². The van der Waals surface area contributed by atoms with Crippen molar-refractivity contribution in [3.05, 3.63) is 71.3 Å². The third-order valence-electron chi connectivity index (χ3n) is 8.15. The van der Waals surface area contributed by atoms with Crippen molar-refractivity contribution in [2.75, 3.05) is 19.6 Å². The van der Waals surface area contributed by atoms with Crippen LogP contribution in [0.2, 0.25) is 0 Å². The number of carbonyl (C=O) groups excluding carboxylic acids is 3. The fraction of sp³-hybridized carbons (Fsp3) is 0.500. The van der Waals surface area contributed by atoms with Gasteiger partial charge in [0.05, 0.1) is 18.7 Å². The third-order valence-corrected chi connectivity index (χ3v) is 8.15. The molecule has 2 aromatic rings. The van der Waals surface area contributed by atoms with Gasteiger partial charge in [-0.15, -0.1) is 0 Å². The Hall–Kier alpha value is -3.26. The van der Waals surface area contributed by atoms with Gasteiger partial charge in [0, 0.05) is 32.4 Å². The minimum atomic E-state index is -1.27. The van der Waals surface area contributed by atoms with Gasteiger partial charge in [0.15, 0.2) is 0 Å². The van der Waals surface area contributed by atoms with E-state index >= 15 is 0 Å². The summed E-state index contributed by atoms with van der Waals surface area (Å²) < 4.78 is 20.7. The molecule has 3 heterocycles. The van der Waals surface area contributed by atoms with Gasteiger partial charge in [-0.1, -0.05) is 68.4 Å². The highest BCUT2D eigenvalue weighted by Gasteiger charge is 2.49. The van der Waals surface area contributed by atoms with Gasteiger partial charge in [-0.2, -0.15) is 0 Å². The summed E-state index contributed by atoms with van der Waals surface area (Å²) in [5.41, 5.74) is 3.03. The molecule has 8 heteroatoms. The fourth-order valence-corrected chi connectivity index (χ4v) is 5.96. The molecule has 0 saturated carbocycles. The Morgan fingerprint density at radius 3 is 2.21 bits per heavy atom. The molecule has 0 aromatic heterocycles. The highest BCUT2D eigenvalue weighted by atomic mass is 19.1. The molecule has 3 aliphatic rings. The summed E-state index contributed by atoms with van der Waals surface area (Å²) in [5.74, 6) is -0.251. The Labute approximate surface area is 223 Å². The Balaban J connectivity index is 1.31. The van der Waals surface area contributed by atoms with Gasteiger partial charge in [-0.25, -0.2) is 4.39 Å². The first-order valence-corrected chi connectivity index (χ1v) is 13.5. The van der Waals surface area contributed by atoms with E-state index in [0.717, 1.165) is 11.1 Å².